The molecule has 0 radical (unpaired) electrons. The lowest BCUT2D eigenvalue weighted by Crippen LogP contribution is -2.22. The second-order valence-electron chi connectivity index (χ2n) is 4.32. The van der Waals surface area contributed by atoms with Crippen molar-refractivity contribution < 1.29 is 0 Å². The molecule has 2 rings (SSSR count). The number of benzene rings is 1. The van der Waals surface area contributed by atoms with Crippen LogP contribution in [0.15, 0.2) is 28.1 Å². The second-order valence-corrected chi connectivity index (χ2v) is 7.98. The molecule has 6 heteroatoms. The third-order valence-electron chi connectivity index (χ3n) is 2.82. The largest absolute Gasteiger partial charge is 0.306 e. The zero-order valence-corrected chi connectivity index (χ0v) is 15.4. The number of halogens is 4. The Morgan fingerprint density at radius 1 is 1.20 bits per heavy atom. The van der Waals surface area contributed by atoms with Gasteiger partial charge in [0.05, 0.1) is 14.9 Å². The maximum Gasteiger partial charge on any atom is 0.0888 e. The summed E-state index contributed by atoms with van der Waals surface area (Å²) >= 11 is 23.6. The highest BCUT2D eigenvalue weighted by atomic mass is 79.9. The molecule has 2 aromatic rings. The van der Waals surface area contributed by atoms with Crippen molar-refractivity contribution in [2.24, 2.45) is 0 Å². The van der Waals surface area contributed by atoms with Crippen molar-refractivity contribution in [3.05, 3.63) is 53.6 Å². The van der Waals surface area contributed by atoms with Crippen molar-refractivity contribution in [1.29, 1.82) is 0 Å². The van der Waals surface area contributed by atoms with E-state index in [0.29, 0.717) is 15.1 Å². The Balaban J connectivity index is 2.43. The Morgan fingerprint density at radius 3 is 2.55 bits per heavy atom. The highest BCUT2D eigenvalue weighted by Gasteiger charge is 2.20. The number of hydrogen-bond acceptors (Lipinski definition) is 2. The Labute approximate surface area is 146 Å². The Morgan fingerprint density at radius 2 is 1.95 bits per heavy atom. The van der Waals surface area contributed by atoms with E-state index < -0.39 is 0 Å². The van der Waals surface area contributed by atoms with E-state index in [1.165, 1.54) is 0 Å². The van der Waals surface area contributed by atoms with Crippen LogP contribution in [-0.4, -0.2) is 6.54 Å². The summed E-state index contributed by atoms with van der Waals surface area (Å²) in [4.78, 5) is 1.11. The van der Waals surface area contributed by atoms with Gasteiger partial charge in [-0.25, -0.2) is 0 Å². The highest BCUT2D eigenvalue weighted by Crippen LogP contribution is 2.39. The lowest BCUT2D eigenvalue weighted by Gasteiger charge is -2.19. The SMILES string of the molecule is CCCNC(c1cc(Cl)c(Br)s1)c1cc(Cl)ccc1Cl. The quantitative estimate of drug-likeness (QED) is 0.585. The molecule has 0 fully saturated rings. The topological polar surface area (TPSA) is 12.0 Å². The molecule has 1 aromatic carbocycles. The summed E-state index contributed by atoms with van der Waals surface area (Å²) in [5, 5.41) is 5.59. The molecule has 108 valence electrons. The van der Waals surface area contributed by atoms with Gasteiger partial charge in [0.1, 0.15) is 0 Å². The van der Waals surface area contributed by atoms with E-state index in [0.717, 1.165) is 27.2 Å². The number of rotatable bonds is 5. The van der Waals surface area contributed by atoms with Crippen molar-refractivity contribution >= 4 is 62.1 Å². The summed E-state index contributed by atoms with van der Waals surface area (Å²) in [5.41, 5.74) is 0.970. The van der Waals surface area contributed by atoms with Gasteiger partial charge in [0.15, 0.2) is 0 Å². The van der Waals surface area contributed by atoms with E-state index in [2.05, 4.69) is 28.2 Å². The third-order valence-corrected chi connectivity index (χ3v) is 5.94. The van der Waals surface area contributed by atoms with Crippen LogP contribution in [0.2, 0.25) is 15.1 Å². The first kappa shape index (κ1) is 16.6. The lowest BCUT2D eigenvalue weighted by atomic mass is 10.1. The molecule has 0 aliphatic heterocycles. The minimum Gasteiger partial charge on any atom is -0.306 e. The highest BCUT2D eigenvalue weighted by molar-refractivity contribution is 9.11. The first-order valence-electron chi connectivity index (χ1n) is 6.16. The summed E-state index contributed by atoms with van der Waals surface area (Å²) < 4.78 is 0.926. The summed E-state index contributed by atoms with van der Waals surface area (Å²) in [6, 6.07) is 7.47. The van der Waals surface area contributed by atoms with E-state index in [-0.39, 0.29) is 6.04 Å². The summed E-state index contributed by atoms with van der Waals surface area (Å²) in [7, 11) is 0. The van der Waals surface area contributed by atoms with Gasteiger partial charge < -0.3 is 5.32 Å². The minimum absolute atomic E-state index is 0.00468. The molecule has 1 nitrogen and oxygen atoms in total. The van der Waals surface area contributed by atoms with Crippen LogP contribution in [-0.2, 0) is 0 Å². The first-order valence-corrected chi connectivity index (χ1v) is 8.90. The molecular formula is C14H13BrCl3NS. The maximum absolute atomic E-state index is 6.33. The molecule has 0 aliphatic rings. The molecule has 0 bridgehead atoms. The van der Waals surface area contributed by atoms with Crippen LogP contribution in [0.1, 0.15) is 29.8 Å². The van der Waals surface area contributed by atoms with Gasteiger partial charge in [0.25, 0.3) is 0 Å². The van der Waals surface area contributed by atoms with E-state index in [1.54, 1.807) is 17.4 Å². The Kier molecular flexibility index (Phi) is 6.21. The zero-order valence-electron chi connectivity index (χ0n) is 10.7. The van der Waals surface area contributed by atoms with Crippen LogP contribution in [0, 0.1) is 0 Å². The van der Waals surface area contributed by atoms with Gasteiger partial charge in [0, 0.05) is 14.9 Å². The normalized spacial score (nSPS) is 12.7. The Hall–Kier alpha value is 0.230. The van der Waals surface area contributed by atoms with E-state index in [4.69, 9.17) is 34.8 Å². The van der Waals surface area contributed by atoms with Gasteiger partial charge in [-0.05, 0) is 58.7 Å². The van der Waals surface area contributed by atoms with Crippen LogP contribution < -0.4 is 5.32 Å². The zero-order chi connectivity index (χ0) is 14.7. The fourth-order valence-electron chi connectivity index (χ4n) is 1.89. The molecule has 1 aromatic heterocycles. The van der Waals surface area contributed by atoms with E-state index in [9.17, 15) is 0 Å². The summed E-state index contributed by atoms with van der Waals surface area (Å²) in [5.74, 6) is 0. The average Bonchev–Trinajstić information content (AvgIpc) is 2.74. The molecule has 1 atom stereocenters. The number of nitrogens with one attached hydrogen (secondary N) is 1. The van der Waals surface area contributed by atoms with Crippen LogP contribution in [0.25, 0.3) is 0 Å². The monoisotopic (exact) mass is 411 g/mol. The van der Waals surface area contributed by atoms with Crippen molar-refractivity contribution in [1.82, 2.24) is 5.32 Å². The van der Waals surface area contributed by atoms with Crippen molar-refractivity contribution in [2.45, 2.75) is 19.4 Å². The predicted molar refractivity (Wildman–Crippen MR) is 93.6 cm³/mol. The molecule has 1 unspecified atom stereocenters. The van der Waals surface area contributed by atoms with E-state index in [1.807, 2.05) is 18.2 Å². The second kappa shape index (κ2) is 7.48. The Bertz CT molecular complexity index is 581. The molecule has 0 amide bonds. The lowest BCUT2D eigenvalue weighted by molar-refractivity contribution is 0.606. The summed E-state index contributed by atoms with van der Waals surface area (Å²) in [6.07, 6.45) is 1.04. The molecule has 0 aliphatic carbocycles. The first-order chi connectivity index (χ1) is 9.52. The van der Waals surface area contributed by atoms with Crippen LogP contribution in [0.4, 0.5) is 0 Å². The maximum atomic E-state index is 6.33. The van der Waals surface area contributed by atoms with Gasteiger partial charge in [-0.2, -0.15) is 0 Å². The van der Waals surface area contributed by atoms with Crippen LogP contribution >= 0.6 is 62.1 Å². The number of hydrogen-bond donors (Lipinski definition) is 1. The fraction of sp³-hybridized carbons (Fsp3) is 0.286. The van der Waals surface area contributed by atoms with Crippen molar-refractivity contribution in [3.63, 3.8) is 0 Å². The molecule has 1 heterocycles. The van der Waals surface area contributed by atoms with Crippen LogP contribution in [0.5, 0.6) is 0 Å². The predicted octanol–water partition coefficient (Wildman–Crippen LogP) is 6.56. The molecule has 20 heavy (non-hydrogen) atoms. The van der Waals surface area contributed by atoms with Gasteiger partial charge in [0.2, 0.25) is 0 Å². The molecule has 1 N–H and O–H groups in total. The average molecular weight is 414 g/mol. The standard InChI is InChI=1S/C14H13BrCl3NS/c1-2-5-19-13(12-7-11(18)14(15)20-12)9-6-8(16)3-4-10(9)17/h3-4,6-7,13,19H,2,5H2,1H3. The van der Waals surface area contributed by atoms with Gasteiger partial charge >= 0.3 is 0 Å². The van der Waals surface area contributed by atoms with E-state index >= 15 is 0 Å². The fourth-order valence-corrected chi connectivity index (χ4v) is 4.14. The molecule has 0 spiro atoms. The van der Waals surface area contributed by atoms with Gasteiger partial charge in [-0.15, -0.1) is 11.3 Å². The van der Waals surface area contributed by atoms with Gasteiger partial charge in [-0.1, -0.05) is 41.7 Å². The minimum atomic E-state index is -0.00468. The number of thiophene rings is 1. The molecule has 0 saturated carbocycles. The van der Waals surface area contributed by atoms with Crippen LogP contribution in [0.3, 0.4) is 0 Å². The summed E-state index contributed by atoms with van der Waals surface area (Å²) in [6.45, 7) is 3.02. The molecular weight excluding hydrogens is 400 g/mol. The van der Waals surface area contributed by atoms with Crippen molar-refractivity contribution in [2.75, 3.05) is 6.54 Å². The third kappa shape index (κ3) is 3.90. The van der Waals surface area contributed by atoms with Gasteiger partial charge in [-0.3, -0.25) is 0 Å². The smallest absolute Gasteiger partial charge is 0.0888 e. The van der Waals surface area contributed by atoms with Crippen molar-refractivity contribution in [3.8, 4) is 0 Å². The molecule has 0 saturated heterocycles.